The first kappa shape index (κ1) is 22.2. The van der Waals surface area contributed by atoms with E-state index in [0.717, 1.165) is 18.3 Å². The Labute approximate surface area is 158 Å². The maximum atomic E-state index is 11.7. The molecular weight excluding hydrogens is 352 g/mol. The molecule has 0 bridgehead atoms. The lowest BCUT2D eigenvalue weighted by atomic mass is 10.3. The maximum absolute atomic E-state index is 11.7. The second kappa shape index (κ2) is 11.7. The highest BCUT2D eigenvalue weighted by Crippen LogP contribution is 2.07. The molecule has 0 atom stereocenters. The first-order chi connectivity index (χ1) is 12.4. The van der Waals surface area contributed by atoms with Crippen molar-refractivity contribution in [1.29, 1.82) is 0 Å². The highest BCUT2D eigenvalue weighted by atomic mass is 32.2. The highest BCUT2D eigenvalue weighted by Gasteiger charge is 2.14. The first-order valence-electron chi connectivity index (χ1n) is 9.02. The molecule has 0 saturated heterocycles. The molecule has 1 N–H and O–H groups in total. The lowest BCUT2D eigenvalue weighted by molar-refractivity contribution is 0.281. The van der Waals surface area contributed by atoms with Gasteiger partial charge in [0.1, 0.15) is 12.4 Å². The zero-order valence-electron chi connectivity index (χ0n) is 16.3. The number of aliphatic imine (C=N–C) groups is 1. The molecule has 7 nitrogen and oxygen atoms in total. The minimum Gasteiger partial charge on any atom is -0.492 e. The molecule has 0 spiro atoms. The number of ether oxygens (including phenoxy) is 1. The van der Waals surface area contributed by atoms with Gasteiger partial charge in [-0.2, -0.15) is 0 Å². The van der Waals surface area contributed by atoms with Crippen LogP contribution in [0, 0.1) is 0 Å². The van der Waals surface area contributed by atoms with Gasteiger partial charge < -0.3 is 15.0 Å². The molecule has 8 heteroatoms. The molecule has 0 fully saturated rings. The first-order valence-corrected chi connectivity index (χ1v) is 10.6. The molecule has 0 aliphatic rings. The van der Waals surface area contributed by atoms with E-state index in [9.17, 15) is 8.42 Å². The van der Waals surface area contributed by atoms with E-state index in [1.807, 2.05) is 49.2 Å². The Balaban J connectivity index is 2.43. The van der Waals surface area contributed by atoms with Crippen molar-refractivity contribution < 1.29 is 13.2 Å². The summed E-state index contributed by atoms with van der Waals surface area (Å²) < 4.78 is 30.6. The molecular formula is C18H32N4O3S. The van der Waals surface area contributed by atoms with Gasteiger partial charge in [0.15, 0.2) is 5.96 Å². The van der Waals surface area contributed by atoms with E-state index < -0.39 is 10.0 Å². The predicted octanol–water partition coefficient (Wildman–Crippen LogP) is 1.63. The third-order valence-electron chi connectivity index (χ3n) is 3.87. The van der Waals surface area contributed by atoms with Crippen molar-refractivity contribution in [1.82, 2.24) is 14.5 Å². The van der Waals surface area contributed by atoms with Crippen molar-refractivity contribution >= 4 is 16.0 Å². The number of hydrogen-bond acceptors (Lipinski definition) is 4. The molecule has 0 radical (unpaired) electrons. The van der Waals surface area contributed by atoms with E-state index in [2.05, 4.69) is 10.3 Å². The number of benzene rings is 1. The van der Waals surface area contributed by atoms with Crippen molar-refractivity contribution in [3.63, 3.8) is 0 Å². The van der Waals surface area contributed by atoms with E-state index >= 15 is 0 Å². The van der Waals surface area contributed by atoms with Crippen molar-refractivity contribution in [2.24, 2.45) is 4.99 Å². The van der Waals surface area contributed by atoms with Crippen LogP contribution in [0.5, 0.6) is 5.75 Å². The standard InChI is InChI=1S/C18H32N4O3S/c1-5-19-18(20-13-10-14-22(4)26(23,24)6-2)21(3)15-16-25-17-11-8-7-9-12-17/h7-9,11-12H,5-6,10,13-16H2,1-4H3,(H,19,20). The fourth-order valence-corrected chi connectivity index (χ4v) is 3.08. The summed E-state index contributed by atoms with van der Waals surface area (Å²) in [7, 11) is 0.452. The van der Waals surface area contributed by atoms with Gasteiger partial charge in [0.2, 0.25) is 10.0 Å². The molecule has 0 heterocycles. The Bertz CT molecular complexity index is 635. The van der Waals surface area contributed by atoms with E-state index in [0.29, 0.717) is 32.7 Å². The lowest BCUT2D eigenvalue weighted by Gasteiger charge is -2.22. The zero-order valence-corrected chi connectivity index (χ0v) is 17.1. The average molecular weight is 385 g/mol. The molecule has 0 amide bonds. The number of nitrogens with one attached hydrogen (secondary N) is 1. The van der Waals surface area contributed by atoms with Crippen molar-refractivity contribution in [2.75, 3.05) is 52.6 Å². The topological polar surface area (TPSA) is 74.2 Å². The number of likely N-dealkylation sites (N-methyl/N-ethyl adjacent to an activating group) is 1. The average Bonchev–Trinajstić information content (AvgIpc) is 2.64. The smallest absolute Gasteiger partial charge is 0.213 e. The number of hydrogen-bond donors (Lipinski definition) is 1. The Kier molecular flexibility index (Phi) is 10.0. The van der Waals surface area contributed by atoms with Crippen molar-refractivity contribution in [2.45, 2.75) is 20.3 Å². The SMILES string of the molecule is CCNC(=NCCCN(C)S(=O)(=O)CC)N(C)CCOc1ccccc1. The Morgan fingerprint density at radius 2 is 1.85 bits per heavy atom. The van der Waals surface area contributed by atoms with Crippen LogP contribution in [-0.2, 0) is 10.0 Å². The fourth-order valence-electron chi connectivity index (χ4n) is 2.23. The van der Waals surface area contributed by atoms with Gasteiger partial charge in [0.05, 0.1) is 12.3 Å². The molecule has 1 rings (SSSR count). The third-order valence-corrected chi connectivity index (χ3v) is 5.73. The summed E-state index contributed by atoms with van der Waals surface area (Å²) in [4.78, 5) is 6.59. The monoisotopic (exact) mass is 384 g/mol. The molecule has 0 aliphatic heterocycles. The summed E-state index contributed by atoms with van der Waals surface area (Å²) in [5.41, 5.74) is 0. The molecule has 0 unspecified atom stereocenters. The molecule has 0 aliphatic carbocycles. The minimum absolute atomic E-state index is 0.125. The third kappa shape index (κ3) is 8.05. The molecule has 26 heavy (non-hydrogen) atoms. The Morgan fingerprint density at radius 3 is 2.46 bits per heavy atom. The summed E-state index contributed by atoms with van der Waals surface area (Å²) in [5.74, 6) is 1.77. The Morgan fingerprint density at radius 1 is 1.15 bits per heavy atom. The molecule has 1 aromatic carbocycles. The van der Waals surface area contributed by atoms with Gasteiger partial charge in [-0.25, -0.2) is 12.7 Å². The molecule has 0 aromatic heterocycles. The van der Waals surface area contributed by atoms with E-state index in [4.69, 9.17) is 4.74 Å². The highest BCUT2D eigenvalue weighted by molar-refractivity contribution is 7.89. The summed E-state index contributed by atoms with van der Waals surface area (Å²) in [6.07, 6.45) is 0.680. The fraction of sp³-hybridized carbons (Fsp3) is 0.611. The normalized spacial score (nSPS) is 12.3. The van der Waals surface area contributed by atoms with Crippen molar-refractivity contribution in [3.8, 4) is 5.75 Å². The van der Waals surface area contributed by atoms with Crippen LogP contribution in [0.15, 0.2) is 35.3 Å². The number of nitrogens with zero attached hydrogens (tertiary/aromatic N) is 3. The molecule has 148 valence electrons. The van der Waals surface area contributed by atoms with Gasteiger partial charge in [-0.1, -0.05) is 18.2 Å². The van der Waals surface area contributed by atoms with E-state index in [1.165, 1.54) is 4.31 Å². The van der Waals surface area contributed by atoms with Crippen LogP contribution in [0.3, 0.4) is 0 Å². The van der Waals surface area contributed by atoms with E-state index in [-0.39, 0.29) is 5.75 Å². The van der Waals surface area contributed by atoms with Crippen LogP contribution >= 0.6 is 0 Å². The summed E-state index contributed by atoms with van der Waals surface area (Å²) in [6, 6.07) is 9.71. The summed E-state index contributed by atoms with van der Waals surface area (Å²) in [6.45, 7) is 6.74. The van der Waals surface area contributed by atoms with Crippen LogP contribution in [0.25, 0.3) is 0 Å². The number of sulfonamides is 1. The van der Waals surface area contributed by atoms with Gasteiger partial charge in [-0.05, 0) is 32.4 Å². The number of para-hydroxylation sites is 1. The predicted molar refractivity (Wildman–Crippen MR) is 107 cm³/mol. The number of rotatable bonds is 11. The van der Waals surface area contributed by atoms with Crippen LogP contribution in [0.1, 0.15) is 20.3 Å². The molecule has 1 aromatic rings. The van der Waals surface area contributed by atoms with Gasteiger partial charge in [-0.3, -0.25) is 4.99 Å². The van der Waals surface area contributed by atoms with Crippen LogP contribution < -0.4 is 10.1 Å². The second-order valence-electron chi connectivity index (χ2n) is 5.89. The zero-order chi connectivity index (χ0) is 19.4. The van der Waals surface area contributed by atoms with Crippen molar-refractivity contribution in [3.05, 3.63) is 30.3 Å². The van der Waals surface area contributed by atoms with E-state index in [1.54, 1.807) is 14.0 Å². The van der Waals surface area contributed by atoms with Gasteiger partial charge in [0.25, 0.3) is 0 Å². The van der Waals surface area contributed by atoms with Crippen LogP contribution in [0.2, 0.25) is 0 Å². The quantitative estimate of drug-likeness (QED) is 0.357. The lowest BCUT2D eigenvalue weighted by Crippen LogP contribution is -2.41. The van der Waals surface area contributed by atoms with Gasteiger partial charge in [0, 0.05) is 33.7 Å². The van der Waals surface area contributed by atoms with Gasteiger partial charge >= 0.3 is 0 Å². The molecule has 0 saturated carbocycles. The van der Waals surface area contributed by atoms with Crippen LogP contribution in [-0.4, -0.2) is 76.2 Å². The minimum atomic E-state index is -3.12. The largest absolute Gasteiger partial charge is 0.492 e. The Hall–Kier alpha value is -1.80. The van der Waals surface area contributed by atoms with Gasteiger partial charge in [-0.15, -0.1) is 0 Å². The summed E-state index contributed by atoms with van der Waals surface area (Å²) >= 11 is 0. The second-order valence-corrected chi connectivity index (χ2v) is 8.26. The van der Waals surface area contributed by atoms with Crippen LogP contribution in [0.4, 0.5) is 0 Å². The maximum Gasteiger partial charge on any atom is 0.213 e. The summed E-state index contributed by atoms with van der Waals surface area (Å²) in [5, 5.41) is 3.25. The number of guanidine groups is 1.